The van der Waals surface area contributed by atoms with Crippen LogP contribution < -0.4 is 0 Å². The van der Waals surface area contributed by atoms with E-state index in [0.717, 1.165) is 16.7 Å². The van der Waals surface area contributed by atoms with Gasteiger partial charge in [0, 0.05) is 4.91 Å². The molecule has 0 spiro atoms. The molecule has 1 heterocycles. The number of rotatable bonds is 5. The lowest BCUT2D eigenvalue weighted by Gasteiger charge is -2.35. The third-order valence-electron chi connectivity index (χ3n) is 4.55. The fourth-order valence-electron chi connectivity index (χ4n) is 3.45. The molecule has 6 nitrogen and oxygen atoms in total. The number of hydrogen-bond donors (Lipinski definition) is 0. The van der Waals surface area contributed by atoms with Crippen LogP contribution in [0, 0.1) is 0 Å². The molecule has 6 heteroatoms. The fraction of sp³-hybridized carbons (Fsp3) is 0.0476. The summed E-state index contributed by atoms with van der Waals surface area (Å²) in [5, 5.41) is 12.0. The molecule has 0 bridgehead atoms. The first-order valence-electron chi connectivity index (χ1n) is 8.50. The number of nitrogens with zero attached hydrogens (tertiary/aromatic N) is 6. The van der Waals surface area contributed by atoms with E-state index >= 15 is 0 Å². The molecule has 0 aliphatic heterocycles. The van der Waals surface area contributed by atoms with Gasteiger partial charge in [-0.1, -0.05) is 96.2 Å². The van der Waals surface area contributed by atoms with E-state index in [1.165, 1.54) is 0 Å². The molecule has 0 radical (unpaired) electrons. The maximum absolute atomic E-state index is 8.76. The first-order chi connectivity index (χ1) is 13.4. The molecule has 0 saturated heterocycles. The summed E-state index contributed by atoms with van der Waals surface area (Å²) in [5.41, 5.74) is 11.1. The van der Waals surface area contributed by atoms with E-state index in [1.54, 1.807) is 10.9 Å². The second-order valence-corrected chi connectivity index (χ2v) is 6.02. The second kappa shape index (κ2) is 7.15. The van der Waals surface area contributed by atoms with Crippen LogP contribution >= 0.6 is 0 Å². The predicted molar refractivity (Wildman–Crippen MR) is 103 cm³/mol. The Labute approximate surface area is 156 Å². The highest BCUT2D eigenvalue weighted by Gasteiger charge is 2.39. The summed E-state index contributed by atoms with van der Waals surface area (Å²) >= 11 is 0. The molecule has 0 saturated carbocycles. The standard InChI is InChI=1S/C21H16N6/c22-25-23-20-16-27(26-24-20)21(17-10-4-1-5-11-17,18-12-6-2-7-13-18)19-14-8-3-9-15-19/h1-16H. The summed E-state index contributed by atoms with van der Waals surface area (Å²) in [6, 6.07) is 30.3. The van der Waals surface area contributed by atoms with E-state index < -0.39 is 5.54 Å². The minimum Gasteiger partial charge on any atom is -0.232 e. The Kier molecular flexibility index (Phi) is 4.39. The zero-order valence-corrected chi connectivity index (χ0v) is 14.4. The van der Waals surface area contributed by atoms with Gasteiger partial charge < -0.3 is 0 Å². The van der Waals surface area contributed by atoms with Gasteiger partial charge in [-0.3, -0.25) is 0 Å². The Bertz CT molecular complexity index is 971. The molecule has 130 valence electrons. The zero-order chi connectivity index (χ0) is 18.5. The van der Waals surface area contributed by atoms with E-state index in [4.69, 9.17) is 5.53 Å². The van der Waals surface area contributed by atoms with Crippen molar-refractivity contribution in [3.63, 3.8) is 0 Å². The minimum atomic E-state index is -0.750. The molecule has 0 amide bonds. The van der Waals surface area contributed by atoms with Crippen LogP contribution in [0.2, 0.25) is 0 Å². The normalized spacial score (nSPS) is 11.0. The van der Waals surface area contributed by atoms with Crippen molar-refractivity contribution in [1.29, 1.82) is 0 Å². The van der Waals surface area contributed by atoms with Gasteiger partial charge in [-0.25, -0.2) is 4.68 Å². The lowest BCUT2D eigenvalue weighted by atomic mass is 9.77. The van der Waals surface area contributed by atoms with Gasteiger partial charge in [0.05, 0.1) is 6.20 Å². The number of hydrogen-bond acceptors (Lipinski definition) is 3. The summed E-state index contributed by atoms with van der Waals surface area (Å²) < 4.78 is 1.76. The van der Waals surface area contributed by atoms with Crippen molar-refractivity contribution in [1.82, 2.24) is 15.0 Å². The molecular weight excluding hydrogens is 336 g/mol. The molecule has 0 unspecified atom stereocenters. The van der Waals surface area contributed by atoms with Crippen LogP contribution in [-0.4, -0.2) is 15.0 Å². The SMILES string of the molecule is [N-]=[N+]=Nc1cn(C(c2ccccc2)(c2ccccc2)c2ccccc2)nn1. The van der Waals surface area contributed by atoms with Crippen LogP contribution in [-0.2, 0) is 5.54 Å². The molecule has 3 aromatic carbocycles. The van der Waals surface area contributed by atoms with Gasteiger partial charge in [-0.15, -0.1) is 5.10 Å². The van der Waals surface area contributed by atoms with E-state index in [2.05, 4.69) is 56.7 Å². The third-order valence-corrected chi connectivity index (χ3v) is 4.55. The smallest absolute Gasteiger partial charge is 0.169 e. The van der Waals surface area contributed by atoms with Crippen LogP contribution in [0.5, 0.6) is 0 Å². The highest BCUT2D eigenvalue weighted by molar-refractivity contribution is 5.50. The first kappa shape index (κ1) is 16.6. The van der Waals surface area contributed by atoms with Crippen molar-refractivity contribution in [2.75, 3.05) is 0 Å². The van der Waals surface area contributed by atoms with Crippen molar-refractivity contribution >= 4 is 5.82 Å². The Morgan fingerprint density at radius 2 is 1.19 bits per heavy atom. The van der Waals surface area contributed by atoms with Crippen LogP contribution in [0.15, 0.2) is 102 Å². The largest absolute Gasteiger partial charge is 0.232 e. The quantitative estimate of drug-likeness (QED) is 0.218. The van der Waals surface area contributed by atoms with Crippen molar-refractivity contribution in [2.45, 2.75) is 5.54 Å². The van der Waals surface area contributed by atoms with Gasteiger partial charge >= 0.3 is 0 Å². The minimum absolute atomic E-state index is 0.227. The van der Waals surface area contributed by atoms with Gasteiger partial charge in [0.15, 0.2) is 5.82 Å². The number of azide groups is 1. The highest BCUT2D eigenvalue weighted by Crippen LogP contribution is 2.40. The summed E-state index contributed by atoms with van der Waals surface area (Å²) in [6.45, 7) is 0. The number of aromatic nitrogens is 3. The van der Waals surface area contributed by atoms with Gasteiger partial charge in [0.1, 0.15) is 5.54 Å². The molecule has 0 fully saturated rings. The van der Waals surface area contributed by atoms with Crippen LogP contribution in [0.1, 0.15) is 16.7 Å². The molecular formula is C21H16N6. The van der Waals surface area contributed by atoms with Gasteiger partial charge in [-0.2, -0.15) is 0 Å². The van der Waals surface area contributed by atoms with E-state index in [1.807, 2.05) is 54.6 Å². The molecule has 0 aliphatic rings. The molecule has 0 atom stereocenters. The van der Waals surface area contributed by atoms with Crippen molar-refractivity contribution in [2.24, 2.45) is 5.11 Å². The van der Waals surface area contributed by atoms with E-state index in [9.17, 15) is 0 Å². The zero-order valence-electron chi connectivity index (χ0n) is 14.4. The molecule has 0 aliphatic carbocycles. The Balaban J connectivity index is 2.10. The summed E-state index contributed by atoms with van der Waals surface area (Å²) in [6.07, 6.45) is 1.67. The summed E-state index contributed by atoms with van der Waals surface area (Å²) in [4.78, 5) is 2.83. The highest BCUT2D eigenvalue weighted by atomic mass is 15.5. The van der Waals surface area contributed by atoms with Crippen LogP contribution in [0.25, 0.3) is 10.4 Å². The maximum atomic E-state index is 8.76. The van der Waals surface area contributed by atoms with Crippen LogP contribution in [0.3, 0.4) is 0 Å². The second-order valence-electron chi connectivity index (χ2n) is 6.02. The lowest BCUT2D eigenvalue weighted by molar-refractivity contribution is 0.446. The first-order valence-corrected chi connectivity index (χ1v) is 8.50. The van der Waals surface area contributed by atoms with Crippen molar-refractivity contribution < 1.29 is 0 Å². The Morgan fingerprint density at radius 3 is 1.59 bits per heavy atom. The van der Waals surface area contributed by atoms with Crippen LogP contribution in [0.4, 0.5) is 5.82 Å². The van der Waals surface area contributed by atoms with Gasteiger partial charge in [-0.05, 0) is 27.3 Å². The van der Waals surface area contributed by atoms with E-state index in [0.29, 0.717) is 0 Å². The average molecular weight is 352 g/mol. The topological polar surface area (TPSA) is 79.5 Å². The van der Waals surface area contributed by atoms with Gasteiger partial charge in [0.25, 0.3) is 0 Å². The molecule has 0 N–H and O–H groups in total. The summed E-state index contributed by atoms with van der Waals surface area (Å²) in [7, 11) is 0. The summed E-state index contributed by atoms with van der Waals surface area (Å²) in [5.74, 6) is 0.227. The maximum Gasteiger partial charge on any atom is 0.169 e. The van der Waals surface area contributed by atoms with Crippen molar-refractivity contribution in [3.05, 3.63) is 124 Å². The lowest BCUT2D eigenvalue weighted by Crippen LogP contribution is -2.38. The monoisotopic (exact) mass is 352 g/mol. The van der Waals surface area contributed by atoms with E-state index in [-0.39, 0.29) is 5.82 Å². The predicted octanol–water partition coefficient (Wildman–Crippen LogP) is 5.06. The Hall–Kier alpha value is -3.89. The molecule has 1 aromatic heterocycles. The molecule has 4 rings (SSSR count). The number of benzene rings is 3. The molecule has 27 heavy (non-hydrogen) atoms. The third kappa shape index (κ3) is 2.84. The Morgan fingerprint density at radius 1 is 0.741 bits per heavy atom. The molecule has 4 aromatic rings. The van der Waals surface area contributed by atoms with Crippen molar-refractivity contribution in [3.8, 4) is 0 Å². The fourth-order valence-corrected chi connectivity index (χ4v) is 3.45. The van der Waals surface area contributed by atoms with Gasteiger partial charge in [0.2, 0.25) is 0 Å². The average Bonchev–Trinajstić information content (AvgIpc) is 3.20.